The van der Waals surface area contributed by atoms with Crippen molar-refractivity contribution >= 4 is 23.2 Å². The Labute approximate surface area is 235 Å². The van der Waals surface area contributed by atoms with E-state index in [1.807, 2.05) is 25.3 Å². The van der Waals surface area contributed by atoms with Gasteiger partial charge in [-0.3, -0.25) is 9.20 Å². The van der Waals surface area contributed by atoms with Crippen LogP contribution in [0.15, 0.2) is 61.1 Å². The standard InChI is InChI=1S/C30H30F3N7O/c1-2-13-39-14-3-4-21(17-39)26-24-10-12-36-29(34)40(24)27(38-26)20-7-8-22(23(15-20)30(31,32)33)28(41)37-25-16-19(9-11-35-25)18-5-6-18/h2,7-13,15-16,18,21H,3-6,14,17H2,1H3,(H2,34,36)(H,35,37,41). The third-order valence-electron chi connectivity index (χ3n) is 7.71. The number of rotatable bonds is 6. The van der Waals surface area contributed by atoms with Crippen LogP contribution >= 0.6 is 0 Å². The number of aromatic nitrogens is 4. The molecule has 0 bridgehead atoms. The first-order valence-electron chi connectivity index (χ1n) is 13.7. The molecule has 1 saturated carbocycles. The summed E-state index contributed by atoms with van der Waals surface area (Å²) in [5, 5.41) is 2.54. The highest BCUT2D eigenvalue weighted by molar-refractivity contribution is 6.05. The average Bonchev–Trinajstić information content (AvgIpc) is 3.73. The van der Waals surface area contributed by atoms with E-state index in [0.717, 1.165) is 56.1 Å². The fourth-order valence-corrected chi connectivity index (χ4v) is 5.64. The van der Waals surface area contributed by atoms with Gasteiger partial charge in [0.05, 0.1) is 22.3 Å². The number of likely N-dealkylation sites (tertiary alicyclic amines) is 1. The van der Waals surface area contributed by atoms with Crippen molar-refractivity contribution in [1.82, 2.24) is 24.3 Å². The number of allylic oxidation sites excluding steroid dienone is 1. The summed E-state index contributed by atoms with van der Waals surface area (Å²) in [4.78, 5) is 28.4. The van der Waals surface area contributed by atoms with Crippen LogP contribution in [0.2, 0.25) is 0 Å². The van der Waals surface area contributed by atoms with Gasteiger partial charge in [-0.1, -0.05) is 12.1 Å². The quantitative estimate of drug-likeness (QED) is 0.289. The van der Waals surface area contributed by atoms with Crippen LogP contribution in [-0.4, -0.2) is 43.2 Å². The summed E-state index contributed by atoms with van der Waals surface area (Å²) in [6.07, 6.45) is 6.33. The molecule has 4 heterocycles. The van der Waals surface area contributed by atoms with E-state index in [1.165, 1.54) is 12.1 Å². The number of nitrogen functional groups attached to an aromatic ring is 1. The van der Waals surface area contributed by atoms with Crippen LogP contribution in [0.3, 0.4) is 0 Å². The van der Waals surface area contributed by atoms with Crippen LogP contribution in [0.25, 0.3) is 16.9 Å². The van der Waals surface area contributed by atoms with Gasteiger partial charge in [0.1, 0.15) is 11.6 Å². The molecule has 1 unspecified atom stereocenters. The Hall–Kier alpha value is -4.41. The maximum absolute atomic E-state index is 14.4. The number of carbonyl (C=O) groups is 1. The second-order valence-corrected chi connectivity index (χ2v) is 10.6. The number of imidazole rings is 1. The molecule has 3 N–H and O–H groups in total. The lowest BCUT2D eigenvalue weighted by Crippen LogP contribution is -2.30. The van der Waals surface area contributed by atoms with Gasteiger partial charge < -0.3 is 16.0 Å². The van der Waals surface area contributed by atoms with Crippen LogP contribution < -0.4 is 11.1 Å². The number of halogens is 3. The number of pyridine rings is 1. The molecule has 3 aromatic heterocycles. The first-order valence-corrected chi connectivity index (χ1v) is 13.7. The first kappa shape index (κ1) is 26.8. The number of nitrogens with one attached hydrogen (secondary N) is 1. The number of amides is 1. The molecule has 212 valence electrons. The fourth-order valence-electron chi connectivity index (χ4n) is 5.64. The minimum absolute atomic E-state index is 0.0662. The van der Waals surface area contributed by atoms with Crippen LogP contribution in [0.5, 0.6) is 0 Å². The molecule has 4 aromatic rings. The van der Waals surface area contributed by atoms with E-state index in [4.69, 9.17) is 10.7 Å². The zero-order chi connectivity index (χ0) is 28.7. The largest absolute Gasteiger partial charge is 0.417 e. The molecule has 1 amide bonds. The molecular formula is C30H30F3N7O. The van der Waals surface area contributed by atoms with Gasteiger partial charge in [-0.2, -0.15) is 13.2 Å². The van der Waals surface area contributed by atoms with Crippen molar-refractivity contribution < 1.29 is 18.0 Å². The number of benzene rings is 1. The van der Waals surface area contributed by atoms with E-state index >= 15 is 0 Å². The van der Waals surface area contributed by atoms with Crippen molar-refractivity contribution in [2.45, 2.75) is 50.6 Å². The van der Waals surface area contributed by atoms with E-state index < -0.39 is 23.2 Å². The number of hydrogen-bond donors (Lipinski definition) is 2. The maximum Gasteiger partial charge on any atom is 0.417 e. The molecule has 0 radical (unpaired) electrons. The van der Waals surface area contributed by atoms with Crippen molar-refractivity contribution in [1.29, 1.82) is 0 Å². The van der Waals surface area contributed by atoms with E-state index in [-0.39, 0.29) is 29.1 Å². The zero-order valence-electron chi connectivity index (χ0n) is 22.5. The molecule has 1 aliphatic carbocycles. The molecular weight excluding hydrogens is 531 g/mol. The monoisotopic (exact) mass is 561 g/mol. The molecule has 2 fully saturated rings. The van der Waals surface area contributed by atoms with E-state index in [1.54, 1.807) is 28.9 Å². The smallest absolute Gasteiger partial charge is 0.377 e. The molecule has 11 heteroatoms. The summed E-state index contributed by atoms with van der Waals surface area (Å²) < 4.78 is 44.7. The lowest BCUT2D eigenvalue weighted by atomic mass is 9.94. The molecule has 1 aliphatic heterocycles. The highest BCUT2D eigenvalue weighted by atomic mass is 19.4. The van der Waals surface area contributed by atoms with Crippen molar-refractivity contribution in [2.75, 3.05) is 24.1 Å². The molecule has 2 aliphatic rings. The van der Waals surface area contributed by atoms with Crippen molar-refractivity contribution in [3.63, 3.8) is 0 Å². The van der Waals surface area contributed by atoms with Gasteiger partial charge in [-0.05, 0) is 80.6 Å². The topological polar surface area (TPSA) is 101 Å². The Bertz CT molecular complexity index is 1640. The van der Waals surface area contributed by atoms with Crippen LogP contribution in [-0.2, 0) is 6.18 Å². The van der Waals surface area contributed by atoms with E-state index in [2.05, 4.69) is 20.2 Å². The summed E-state index contributed by atoms with van der Waals surface area (Å²) >= 11 is 0. The Balaban J connectivity index is 1.39. The highest BCUT2D eigenvalue weighted by Gasteiger charge is 2.36. The van der Waals surface area contributed by atoms with Crippen molar-refractivity contribution in [3.8, 4) is 11.4 Å². The summed E-state index contributed by atoms with van der Waals surface area (Å²) in [5.74, 6) is 0.185. The number of alkyl halides is 3. The third kappa shape index (κ3) is 5.36. The first-order chi connectivity index (χ1) is 19.7. The number of anilines is 2. The second kappa shape index (κ2) is 10.5. The number of carbonyl (C=O) groups excluding carboxylic acids is 1. The lowest BCUT2D eigenvalue weighted by molar-refractivity contribution is -0.137. The van der Waals surface area contributed by atoms with Gasteiger partial charge in [-0.25, -0.2) is 15.0 Å². The molecule has 1 saturated heterocycles. The van der Waals surface area contributed by atoms with Crippen LogP contribution in [0.1, 0.15) is 71.6 Å². The molecule has 6 rings (SSSR count). The minimum Gasteiger partial charge on any atom is -0.377 e. The van der Waals surface area contributed by atoms with Gasteiger partial charge in [-0.15, -0.1) is 0 Å². The summed E-state index contributed by atoms with van der Waals surface area (Å²) in [5.41, 5.74) is 7.34. The number of nitrogens with zero attached hydrogens (tertiary/aromatic N) is 5. The summed E-state index contributed by atoms with van der Waals surface area (Å²) in [6, 6.07) is 8.97. The van der Waals surface area contributed by atoms with E-state index in [9.17, 15) is 18.0 Å². The fraction of sp³-hybridized carbons (Fsp3) is 0.333. The second-order valence-electron chi connectivity index (χ2n) is 10.6. The number of hydrogen-bond acceptors (Lipinski definition) is 6. The Kier molecular flexibility index (Phi) is 6.88. The van der Waals surface area contributed by atoms with Crippen molar-refractivity contribution in [3.05, 3.63) is 83.5 Å². The number of fused-ring (bicyclic) bond motifs is 1. The van der Waals surface area contributed by atoms with Gasteiger partial charge in [0.15, 0.2) is 0 Å². The Morgan fingerprint density at radius 2 is 1.88 bits per heavy atom. The average molecular weight is 562 g/mol. The molecule has 8 nitrogen and oxygen atoms in total. The molecule has 1 atom stereocenters. The van der Waals surface area contributed by atoms with Gasteiger partial charge in [0.2, 0.25) is 5.95 Å². The van der Waals surface area contributed by atoms with Gasteiger partial charge >= 0.3 is 6.18 Å². The Morgan fingerprint density at radius 1 is 1.07 bits per heavy atom. The number of nitrogens with two attached hydrogens (primary N) is 1. The third-order valence-corrected chi connectivity index (χ3v) is 7.71. The highest BCUT2D eigenvalue weighted by Crippen LogP contribution is 2.41. The van der Waals surface area contributed by atoms with Crippen molar-refractivity contribution in [2.24, 2.45) is 0 Å². The van der Waals surface area contributed by atoms with Gasteiger partial charge in [0, 0.05) is 37.0 Å². The SMILES string of the molecule is CC=CN1CCCC(c2nc(-c3ccc(C(=O)Nc4cc(C5CC5)ccn4)c(C(F)(F)F)c3)n3c(N)nccc23)C1. The zero-order valence-corrected chi connectivity index (χ0v) is 22.5. The maximum atomic E-state index is 14.4. The van der Waals surface area contributed by atoms with Crippen LogP contribution in [0.4, 0.5) is 24.9 Å². The van der Waals surface area contributed by atoms with Gasteiger partial charge in [0.25, 0.3) is 5.91 Å². The molecule has 41 heavy (non-hydrogen) atoms. The normalized spacial score (nSPS) is 17.9. The Morgan fingerprint density at radius 3 is 2.63 bits per heavy atom. The lowest BCUT2D eigenvalue weighted by Gasteiger charge is -2.31. The number of piperidine rings is 1. The predicted molar refractivity (Wildman–Crippen MR) is 150 cm³/mol. The minimum atomic E-state index is -4.79. The predicted octanol–water partition coefficient (Wildman–Crippen LogP) is 6.24. The summed E-state index contributed by atoms with van der Waals surface area (Å²) in [6.45, 7) is 3.63. The van der Waals surface area contributed by atoms with Crippen LogP contribution in [0, 0.1) is 0 Å². The van der Waals surface area contributed by atoms with E-state index in [0.29, 0.717) is 11.4 Å². The molecule has 0 spiro atoms. The molecule has 1 aromatic carbocycles. The summed E-state index contributed by atoms with van der Waals surface area (Å²) in [7, 11) is 0.